The summed E-state index contributed by atoms with van der Waals surface area (Å²) in [6.45, 7) is 2.21. The number of nitro benzene ring substituents is 1. The normalized spacial score (nSPS) is 30.3. The van der Waals surface area contributed by atoms with E-state index in [1.165, 1.54) is 23.3 Å². The Labute approximate surface area is 255 Å². The molecule has 3 aromatic carbocycles. The number of hydrogen-bond donors (Lipinski definition) is 0. The van der Waals surface area contributed by atoms with Crippen molar-refractivity contribution >= 4 is 54.9 Å². The van der Waals surface area contributed by atoms with Crippen LogP contribution in [0.2, 0.25) is 0 Å². The first-order valence-electron chi connectivity index (χ1n) is 14.4. The standard InChI is InChI=1S/C33H30Br2N2O4/c1-33-13-12-26-25-8-5-20(14-19(25)4-9-27(26)28(33)10-11-29(33)38)30-31(18-2-6-23(7-3-18)37(40)41)36(32(30)39)24-16-21(34)15-22(35)17-24/h2-3,5-8,14-17,26-28,30-31H,4,9-13H2,1H3/t26-,27-,28+,30-,31-,33+/m1/s1. The maximum atomic E-state index is 13.9. The summed E-state index contributed by atoms with van der Waals surface area (Å²) in [5, 5.41) is 11.3. The van der Waals surface area contributed by atoms with E-state index >= 15 is 0 Å². The summed E-state index contributed by atoms with van der Waals surface area (Å²) in [5.41, 5.74) is 5.26. The van der Waals surface area contributed by atoms with Crippen molar-refractivity contribution in [3.05, 3.63) is 102 Å². The second-order valence-corrected chi connectivity index (χ2v) is 14.2. The van der Waals surface area contributed by atoms with Crippen molar-refractivity contribution < 1.29 is 14.5 Å². The molecule has 6 atom stereocenters. The topological polar surface area (TPSA) is 80.5 Å². The Balaban J connectivity index is 1.24. The Morgan fingerprint density at radius 2 is 1.61 bits per heavy atom. The van der Waals surface area contributed by atoms with Gasteiger partial charge in [0.1, 0.15) is 5.78 Å². The van der Waals surface area contributed by atoms with Crippen molar-refractivity contribution in [1.29, 1.82) is 0 Å². The number of Topliss-reactive ketones (excluding diaryl/α,β-unsaturated/α-hetero) is 1. The average Bonchev–Trinajstić information content (AvgIpc) is 3.25. The fourth-order valence-corrected chi connectivity index (χ4v) is 9.75. The molecule has 41 heavy (non-hydrogen) atoms. The number of aryl methyl sites for hydroxylation is 1. The second kappa shape index (κ2) is 9.87. The fraction of sp³-hybridized carbons (Fsp3) is 0.394. The van der Waals surface area contributed by atoms with Crippen molar-refractivity contribution in [2.24, 2.45) is 17.3 Å². The molecule has 0 radical (unpaired) electrons. The molecule has 2 saturated carbocycles. The van der Waals surface area contributed by atoms with E-state index in [0.717, 1.165) is 64.3 Å². The lowest BCUT2D eigenvalue weighted by Gasteiger charge is -2.49. The molecule has 6 nitrogen and oxygen atoms in total. The Morgan fingerprint density at radius 1 is 0.902 bits per heavy atom. The van der Waals surface area contributed by atoms with Crippen LogP contribution in [-0.2, 0) is 16.0 Å². The molecular formula is C33H30Br2N2O4. The number of amides is 1. The van der Waals surface area contributed by atoms with Gasteiger partial charge in [-0.25, -0.2) is 0 Å². The monoisotopic (exact) mass is 676 g/mol. The Morgan fingerprint density at radius 3 is 2.32 bits per heavy atom. The van der Waals surface area contributed by atoms with E-state index in [9.17, 15) is 19.7 Å². The molecule has 8 heteroatoms. The predicted octanol–water partition coefficient (Wildman–Crippen LogP) is 8.42. The molecule has 1 heterocycles. The lowest BCUT2D eigenvalue weighted by atomic mass is 9.55. The zero-order valence-electron chi connectivity index (χ0n) is 22.7. The highest BCUT2D eigenvalue weighted by atomic mass is 79.9. The molecule has 0 bridgehead atoms. The maximum Gasteiger partial charge on any atom is 0.269 e. The van der Waals surface area contributed by atoms with Crippen LogP contribution in [0.3, 0.4) is 0 Å². The Kier molecular flexibility index (Phi) is 6.51. The summed E-state index contributed by atoms with van der Waals surface area (Å²) in [6.07, 6.45) is 5.84. The van der Waals surface area contributed by atoms with Crippen LogP contribution < -0.4 is 4.90 Å². The quantitative estimate of drug-likeness (QED) is 0.158. The van der Waals surface area contributed by atoms with Gasteiger partial charge in [-0.2, -0.15) is 0 Å². The third kappa shape index (κ3) is 4.23. The van der Waals surface area contributed by atoms with Gasteiger partial charge in [0.05, 0.1) is 16.9 Å². The van der Waals surface area contributed by atoms with Crippen LogP contribution >= 0.6 is 31.9 Å². The maximum absolute atomic E-state index is 13.9. The van der Waals surface area contributed by atoms with E-state index in [-0.39, 0.29) is 29.0 Å². The molecule has 3 aliphatic carbocycles. The summed E-state index contributed by atoms with van der Waals surface area (Å²) in [7, 11) is 0. The number of ketones is 1. The van der Waals surface area contributed by atoms with Gasteiger partial charge in [0.15, 0.2) is 0 Å². The molecule has 0 spiro atoms. The summed E-state index contributed by atoms with van der Waals surface area (Å²) >= 11 is 7.09. The van der Waals surface area contributed by atoms with Crippen LogP contribution in [0.5, 0.6) is 0 Å². The molecule has 1 aliphatic heterocycles. The highest BCUT2D eigenvalue weighted by Gasteiger charge is 2.55. The van der Waals surface area contributed by atoms with E-state index < -0.39 is 4.92 Å². The van der Waals surface area contributed by atoms with Crippen LogP contribution in [-0.4, -0.2) is 16.6 Å². The largest absolute Gasteiger partial charge is 0.303 e. The SMILES string of the molecule is C[C@]12CC[C@@H]3c4ccc([C@H]5C(=O)N(c6cc(Br)cc(Br)c6)[C@@H]5c5ccc([N+](=O)[O-])cc5)cc4CC[C@H]3[C@@H]1CCC2=O. The molecule has 0 unspecified atom stereocenters. The number of non-ortho nitro benzene ring substituents is 1. The van der Waals surface area contributed by atoms with E-state index in [4.69, 9.17) is 0 Å². The van der Waals surface area contributed by atoms with Gasteiger partial charge in [-0.15, -0.1) is 0 Å². The van der Waals surface area contributed by atoms with Crippen LogP contribution in [0.4, 0.5) is 11.4 Å². The van der Waals surface area contributed by atoms with Gasteiger partial charge < -0.3 is 4.90 Å². The first-order chi connectivity index (χ1) is 19.7. The van der Waals surface area contributed by atoms with Gasteiger partial charge in [0.2, 0.25) is 5.91 Å². The minimum absolute atomic E-state index is 0.0184. The predicted molar refractivity (Wildman–Crippen MR) is 164 cm³/mol. The summed E-state index contributed by atoms with van der Waals surface area (Å²) in [6, 6.07) is 18.7. The van der Waals surface area contributed by atoms with Crippen LogP contribution in [0.25, 0.3) is 0 Å². The first-order valence-corrected chi connectivity index (χ1v) is 15.9. The first kappa shape index (κ1) is 27.0. The fourth-order valence-electron chi connectivity index (χ4n) is 8.48. The zero-order valence-corrected chi connectivity index (χ0v) is 25.9. The van der Waals surface area contributed by atoms with E-state index in [1.807, 2.05) is 18.2 Å². The highest BCUT2D eigenvalue weighted by molar-refractivity contribution is 9.11. The molecular weight excluding hydrogens is 648 g/mol. The van der Waals surface area contributed by atoms with Gasteiger partial charge in [0.25, 0.3) is 5.69 Å². The molecule has 4 aliphatic rings. The lowest BCUT2D eigenvalue weighted by molar-refractivity contribution is -0.384. The van der Waals surface area contributed by atoms with Crippen molar-refractivity contribution in [2.45, 2.75) is 63.3 Å². The van der Waals surface area contributed by atoms with E-state index in [2.05, 4.69) is 57.0 Å². The minimum Gasteiger partial charge on any atom is -0.303 e. The summed E-state index contributed by atoms with van der Waals surface area (Å²) < 4.78 is 1.72. The number of hydrogen-bond acceptors (Lipinski definition) is 4. The van der Waals surface area contributed by atoms with Crippen LogP contribution in [0, 0.1) is 27.4 Å². The number of anilines is 1. The Hall–Kier alpha value is -2.84. The molecule has 3 fully saturated rings. The van der Waals surface area contributed by atoms with Gasteiger partial charge in [-0.1, -0.05) is 69.1 Å². The van der Waals surface area contributed by atoms with Crippen molar-refractivity contribution in [1.82, 2.24) is 0 Å². The molecule has 210 valence electrons. The molecule has 7 rings (SSSR count). The van der Waals surface area contributed by atoms with E-state index in [0.29, 0.717) is 23.5 Å². The minimum atomic E-state index is -0.400. The third-order valence-corrected chi connectivity index (χ3v) is 11.4. The lowest BCUT2D eigenvalue weighted by Crippen LogP contribution is -2.53. The summed E-state index contributed by atoms with van der Waals surface area (Å²) in [5.74, 6) is 1.63. The molecule has 1 amide bonds. The van der Waals surface area contributed by atoms with Crippen molar-refractivity contribution in [3.63, 3.8) is 0 Å². The number of nitrogens with zero attached hydrogens (tertiary/aromatic N) is 2. The number of carbonyl (C=O) groups excluding carboxylic acids is 2. The number of nitro groups is 1. The molecule has 3 aromatic rings. The number of rotatable bonds is 4. The van der Waals surface area contributed by atoms with E-state index in [1.54, 1.807) is 17.0 Å². The number of halogens is 2. The molecule has 0 N–H and O–H groups in total. The smallest absolute Gasteiger partial charge is 0.269 e. The van der Waals surface area contributed by atoms with Crippen molar-refractivity contribution in [3.8, 4) is 0 Å². The molecule has 1 saturated heterocycles. The van der Waals surface area contributed by atoms with Gasteiger partial charge in [0, 0.05) is 38.6 Å². The van der Waals surface area contributed by atoms with Gasteiger partial charge in [-0.05, 0) is 90.3 Å². The van der Waals surface area contributed by atoms with Crippen LogP contribution in [0.1, 0.15) is 79.2 Å². The van der Waals surface area contributed by atoms with Crippen LogP contribution in [0.15, 0.2) is 69.6 Å². The summed E-state index contributed by atoms with van der Waals surface area (Å²) in [4.78, 5) is 39.3. The number of fused-ring (bicyclic) bond motifs is 5. The van der Waals surface area contributed by atoms with Crippen molar-refractivity contribution in [2.75, 3.05) is 4.90 Å². The number of benzene rings is 3. The van der Waals surface area contributed by atoms with Gasteiger partial charge in [-0.3, -0.25) is 19.7 Å². The number of carbonyl (C=O) groups is 2. The Bertz CT molecular complexity index is 1580. The highest BCUT2D eigenvalue weighted by Crippen LogP contribution is 2.60. The second-order valence-electron chi connectivity index (χ2n) is 12.4. The average molecular weight is 678 g/mol. The zero-order chi connectivity index (χ0) is 28.6. The molecule has 0 aromatic heterocycles. The third-order valence-electron chi connectivity index (χ3n) is 10.5. The number of β-lactam (4-membered cyclic amide) rings is 1. The van der Waals surface area contributed by atoms with Gasteiger partial charge >= 0.3 is 0 Å².